The molecule has 0 radical (unpaired) electrons. The molecule has 1 unspecified atom stereocenters. The third-order valence-electron chi connectivity index (χ3n) is 4.32. The van der Waals surface area contributed by atoms with Crippen LogP contribution in [0.25, 0.3) is 0 Å². The molecule has 0 spiro atoms. The summed E-state index contributed by atoms with van der Waals surface area (Å²) in [6.07, 6.45) is 3.35. The summed E-state index contributed by atoms with van der Waals surface area (Å²) in [5.74, 6) is -0.000891. The first-order chi connectivity index (χ1) is 9.49. The van der Waals surface area contributed by atoms with Gasteiger partial charge in [0.05, 0.1) is 11.6 Å². The van der Waals surface area contributed by atoms with Crippen molar-refractivity contribution < 1.29 is 0 Å². The van der Waals surface area contributed by atoms with Crippen molar-refractivity contribution in [1.29, 1.82) is 0 Å². The van der Waals surface area contributed by atoms with E-state index in [1.54, 1.807) is 0 Å². The normalized spacial score (nSPS) is 23.7. The Balaban J connectivity index is 1.99. The zero-order chi connectivity index (χ0) is 14.4. The van der Waals surface area contributed by atoms with E-state index in [0.717, 1.165) is 19.5 Å². The monoisotopic (exact) mass is 297 g/mol. The van der Waals surface area contributed by atoms with E-state index in [-0.39, 0.29) is 28.4 Å². The number of hydrogen-bond acceptors (Lipinski definition) is 3. The molecule has 2 aliphatic rings. The van der Waals surface area contributed by atoms with Crippen molar-refractivity contribution in [1.82, 2.24) is 14.5 Å². The van der Waals surface area contributed by atoms with E-state index >= 15 is 0 Å². The Morgan fingerprint density at radius 3 is 2.50 bits per heavy atom. The zero-order valence-corrected chi connectivity index (χ0v) is 12.6. The van der Waals surface area contributed by atoms with Crippen LogP contribution in [-0.4, -0.2) is 33.6 Å². The minimum atomic E-state index is -0.382. The number of rotatable bonds is 3. The van der Waals surface area contributed by atoms with E-state index in [9.17, 15) is 9.59 Å². The summed E-state index contributed by atoms with van der Waals surface area (Å²) < 4.78 is 1.38. The molecule has 5 nitrogen and oxygen atoms in total. The summed E-state index contributed by atoms with van der Waals surface area (Å²) in [6.45, 7) is 5.60. The van der Waals surface area contributed by atoms with Gasteiger partial charge in [-0.05, 0) is 25.2 Å². The number of aromatic amines is 1. The van der Waals surface area contributed by atoms with Crippen molar-refractivity contribution in [2.24, 2.45) is 0 Å². The SMILES string of the molecule is CC(C)c1c(Cl)[nH]c(=O)n(C2CCN(C3CC3)C2)c1=O. The number of H-pyrrole nitrogens is 1. The van der Waals surface area contributed by atoms with Crippen LogP contribution < -0.4 is 11.2 Å². The molecule has 0 bridgehead atoms. The Hall–Kier alpha value is -1.07. The van der Waals surface area contributed by atoms with Gasteiger partial charge in [0.25, 0.3) is 5.56 Å². The Morgan fingerprint density at radius 1 is 1.20 bits per heavy atom. The largest absolute Gasteiger partial charge is 0.329 e. The first-order valence-electron chi connectivity index (χ1n) is 7.27. The van der Waals surface area contributed by atoms with Gasteiger partial charge in [-0.3, -0.25) is 19.2 Å². The second kappa shape index (κ2) is 5.04. The van der Waals surface area contributed by atoms with Gasteiger partial charge in [-0.2, -0.15) is 0 Å². The number of nitrogens with zero attached hydrogens (tertiary/aromatic N) is 2. The molecule has 1 aliphatic heterocycles. The van der Waals surface area contributed by atoms with Gasteiger partial charge >= 0.3 is 5.69 Å². The lowest BCUT2D eigenvalue weighted by atomic mass is 10.1. The van der Waals surface area contributed by atoms with Crippen LogP contribution in [0.3, 0.4) is 0 Å². The van der Waals surface area contributed by atoms with Gasteiger partial charge in [0.2, 0.25) is 0 Å². The van der Waals surface area contributed by atoms with Crippen molar-refractivity contribution >= 4 is 11.6 Å². The predicted octanol–water partition coefficient (Wildman–Crippen LogP) is 1.72. The smallest absolute Gasteiger partial charge is 0.298 e. The summed E-state index contributed by atoms with van der Waals surface area (Å²) in [5.41, 5.74) is -0.0976. The van der Waals surface area contributed by atoms with E-state index in [0.29, 0.717) is 11.6 Å². The van der Waals surface area contributed by atoms with E-state index in [1.165, 1.54) is 17.4 Å². The summed E-state index contributed by atoms with van der Waals surface area (Å²) >= 11 is 6.02. The molecule has 2 heterocycles. The quantitative estimate of drug-likeness (QED) is 0.864. The lowest BCUT2D eigenvalue weighted by Crippen LogP contribution is -2.41. The number of nitrogens with one attached hydrogen (secondary N) is 1. The Labute approximate surface area is 122 Å². The summed E-state index contributed by atoms with van der Waals surface area (Å²) in [5, 5.41) is 0.184. The van der Waals surface area contributed by atoms with Crippen LogP contribution >= 0.6 is 11.6 Å². The Kier molecular flexibility index (Phi) is 3.50. The molecular weight excluding hydrogens is 278 g/mol. The predicted molar refractivity (Wildman–Crippen MR) is 78.7 cm³/mol. The van der Waals surface area contributed by atoms with E-state index < -0.39 is 0 Å². The van der Waals surface area contributed by atoms with E-state index in [2.05, 4.69) is 9.88 Å². The highest BCUT2D eigenvalue weighted by atomic mass is 35.5. The average Bonchev–Trinajstić information content (AvgIpc) is 3.08. The summed E-state index contributed by atoms with van der Waals surface area (Å²) in [4.78, 5) is 29.7. The minimum Gasteiger partial charge on any atom is -0.298 e. The van der Waals surface area contributed by atoms with Crippen LogP contribution in [0.2, 0.25) is 5.15 Å². The highest BCUT2D eigenvalue weighted by Crippen LogP contribution is 2.32. The fourth-order valence-electron chi connectivity index (χ4n) is 3.12. The highest BCUT2D eigenvalue weighted by molar-refractivity contribution is 6.30. The lowest BCUT2D eigenvalue weighted by Gasteiger charge is -2.17. The molecule has 110 valence electrons. The average molecular weight is 298 g/mol. The molecule has 1 aromatic rings. The zero-order valence-electron chi connectivity index (χ0n) is 11.9. The summed E-state index contributed by atoms with van der Waals surface area (Å²) in [6, 6.07) is 0.647. The van der Waals surface area contributed by atoms with Crippen molar-refractivity contribution in [3.05, 3.63) is 31.6 Å². The molecule has 3 rings (SSSR count). The minimum absolute atomic E-state index is 0.000891. The van der Waals surface area contributed by atoms with Crippen LogP contribution in [-0.2, 0) is 0 Å². The van der Waals surface area contributed by atoms with E-state index in [1.807, 2.05) is 13.8 Å². The van der Waals surface area contributed by atoms with Crippen LogP contribution in [0.5, 0.6) is 0 Å². The molecule has 1 atom stereocenters. The Morgan fingerprint density at radius 2 is 1.90 bits per heavy atom. The molecule has 6 heteroatoms. The van der Waals surface area contributed by atoms with Crippen molar-refractivity contribution in [2.45, 2.75) is 51.1 Å². The molecule has 1 aliphatic carbocycles. The van der Waals surface area contributed by atoms with Gasteiger partial charge in [0.15, 0.2) is 0 Å². The Bertz CT molecular complexity index is 630. The molecule has 0 aromatic carbocycles. The molecule has 1 N–H and O–H groups in total. The second-order valence-electron chi connectivity index (χ2n) is 6.16. The van der Waals surface area contributed by atoms with Crippen LogP contribution in [0.15, 0.2) is 9.59 Å². The lowest BCUT2D eigenvalue weighted by molar-refractivity contribution is 0.310. The summed E-state index contributed by atoms with van der Waals surface area (Å²) in [7, 11) is 0. The van der Waals surface area contributed by atoms with Crippen LogP contribution in [0.1, 0.15) is 50.6 Å². The molecule has 20 heavy (non-hydrogen) atoms. The first kappa shape index (κ1) is 13.9. The highest BCUT2D eigenvalue weighted by Gasteiger charge is 2.36. The third-order valence-corrected chi connectivity index (χ3v) is 4.62. The van der Waals surface area contributed by atoms with Crippen molar-refractivity contribution in [3.8, 4) is 0 Å². The van der Waals surface area contributed by atoms with E-state index in [4.69, 9.17) is 11.6 Å². The number of aromatic nitrogens is 2. The van der Waals surface area contributed by atoms with Gasteiger partial charge < -0.3 is 0 Å². The molecule has 2 fully saturated rings. The van der Waals surface area contributed by atoms with Gasteiger partial charge in [0.1, 0.15) is 5.15 Å². The van der Waals surface area contributed by atoms with Crippen LogP contribution in [0.4, 0.5) is 0 Å². The van der Waals surface area contributed by atoms with Gasteiger partial charge in [0, 0.05) is 19.1 Å². The molecule has 1 saturated heterocycles. The standard InChI is InChI=1S/C14H20ClN3O2/c1-8(2)11-12(15)16-14(20)18(13(11)19)10-5-6-17(7-10)9-3-4-9/h8-10H,3-7H2,1-2H3,(H,16,20). The molecular formula is C14H20ClN3O2. The molecule has 1 saturated carbocycles. The van der Waals surface area contributed by atoms with Crippen molar-refractivity contribution in [3.63, 3.8) is 0 Å². The maximum Gasteiger partial charge on any atom is 0.329 e. The molecule has 1 aromatic heterocycles. The van der Waals surface area contributed by atoms with Crippen LogP contribution in [0, 0.1) is 0 Å². The number of likely N-dealkylation sites (tertiary alicyclic amines) is 1. The van der Waals surface area contributed by atoms with Crippen molar-refractivity contribution in [2.75, 3.05) is 13.1 Å². The van der Waals surface area contributed by atoms with Gasteiger partial charge in [-0.25, -0.2) is 4.79 Å². The second-order valence-corrected chi connectivity index (χ2v) is 6.53. The fraction of sp³-hybridized carbons (Fsp3) is 0.714. The first-order valence-corrected chi connectivity index (χ1v) is 7.65. The molecule has 0 amide bonds. The van der Waals surface area contributed by atoms with Gasteiger partial charge in [-0.15, -0.1) is 0 Å². The maximum absolute atomic E-state index is 12.6. The maximum atomic E-state index is 12.6. The third kappa shape index (κ3) is 2.33. The topological polar surface area (TPSA) is 58.1 Å². The fourth-order valence-corrected chi connectivity index (χ4v) is 3.50. The number of halogens is 1. The van der Waals surface area contributed by atoms with Gasteiger partial charge in [-0.1, -0.05) is 25.4 Å². The number of hydrogen-bond donors (Lipinski definition) is 1.